The quantitative estimate of drug-likeness (QED) is 0.809. The van der Waals surface area contributed by atoms with Gasteiger partial charge in [0.2, 0.25) is 0 Å². The van der Waals surface area contributed by atoms with E-state index in [2.05, 4.69) is 9.97 Å². The molecule has 5 heteroatoms. The average molecular weight is 237 g/mol. The molecule has 0 amide bonds. The monoisotopic (exact) mass is 237 g/mol. The van der Waals surface area contributed by atoms with E-state index in [-0.39, 0.29) is 6.04 Å². The molecule has 0 saturated carbocycles. The summed E-state index contributed by atoms with van der Waals surface area (Å²) in [6.45, 7) is 0.750. The zero-order valence-electron chi connectivity index (χ0n) is 9.22. The highest BCUT2D eigenvalue weighted by Crippen LogP contribution is 2.26. The van der Waals surface area contributed by atoms with Gasteiger partial charge in [-0.25, -0.2) is 4.98 Å². The molecule has 0 spiro atoms. The van der Waals surface area contributed by atoms with Crippen LogP contribution < -0.4 is 5.73 Å². The van der Waals surface area contributed by atoms with Gasteiger partial charge >= 0.3 is 0 Å². The molecule has 2 N–H and O–H groups in total. The van der Waals surface area contributed by atoms with Crippen LogP contribution in [0, 0.1) is 0 Å². The molecule has 86 valence electrons. The zero-order valence-corrected chi connectivity index (χ0v) is 10.0. The number of methoxy groups -OCH3 is 1. The second-order valence-electron chi connectivity index (χ2n) is 3.64. The highest BCUT2D eigenvalue weighted by Gasteiger charge is 2.11. The summed E-state index contributed by atoms with van der Waals surface area (Å²) in [6.07, 6.45) is 5.42. The van der Waals surface area contributed by atoms with Crippen molar-refractivity contribution in [2.45, 2.75) is 18.9 Å². The Morgan fingerprint density at radius 2 is 2.44 bits per heavy atom. The highest BCUT2D eigenvalue weighted by molar-refractivity contribution is 7.18. The lowest BCUT2D eigenvalue weighted by atomic mass is 10.2. The molecule has 0 fully saturated rings. The van der Waals surface area contributed by atoms with Gasteiger partial charge in [0.25, 0.3) is 0 Å². The van der Waals surface area contributed by atoms with Gasteiger partial charge in [0.15, 0.2) is 0 Å². The molecule has 4 nitrogen and oxygen atoms in total. The van der Waals surface area contributed by atoms with Crippen molar-refractivity contribution >= 4 is 21.6 Å². The first-order chi connectivity index (χ1) is 7.81. The lowest BCUT2D eigenvalue weighted by Gasteiger charge is -2.06. The summed E-state index contributed by atoms with van der Waals surface area (Å²) in [5.41, 5.74) is 7.01. The number of rotatable bonds is 5. The molecule has 0 radical (unpaired) electrons. The Bertz CT molecular complexity index is 424. The Labute approximate surface area is 98.5 Å². The van der Waals surface area contributed by atoms with Crippen LogP contribution in [-0.2, 0) is 4.74 Å². The fraction of sp³-hybridized carbons (Fsp3) is 0.455. The van der Waals surface area contributed by atoms with Crippen molar-refractivity contribution < 1.29 is 4.74 Å². The van der Waals surface area contributed by atoms with Gasteiger partial charge in [-0.15, -0.1) is 11.3 Å². The van der Waals surface area contributed by atoms with E-state index >= 15 is 0 Å². The molecule has 0 aliphatic carbocycles. The largest absolute Gasteiger partial charge is 0.385 e. The van der Waals surface area contributed by atoms with Gasteiger partial charge in [-0.05, 0) is 18.9 Å². The zero-order chi connectivity index (χ0) is 11.4. The molecule has 1 atom stereocenters. The Kier molecular flexibility index (Phi) is 3.82. The first-order valence-corrected chi connectivity index (χ1v) is 6.08. The van der Waals surface area contributed by atoms with E-state index in [0.29, 0.717) is 0 Å². The van der Waals surface area contributed by atoms with Crippen molar-refractivity contribution in [3.8, 4) is 0 Å². The molecule has 0 saturated heterocycles. The second-order valence-corrected chi connectivity index (χ2v) is 4.70. The number of aromatic nitrogens is 2. The molecular formula is C11H15N3OS. The smallest absolute Gasteiger partial charge is 0.111 e. The van der Waals surface area contributed by atoms with Crippen LogP contribution in [0.4, 0.5) is 0 Å². The maximum absolute atomic E-state index is 6.07. The topological polar surface area (TPSA) is 61.0 Å². The van der Waals surface area contributed by atoms with Crippen LogP contribution in [0.1, 0.15) is 23.9 Å². The summed E-state index contributed by atoms with van der Waals surface area (Å²) in [5.74, 6) is 0. The fourth-order valence-electron chi connectivity index (χ4n) is 1.53. The lowest BCUT2D eigenvalue weighted by molar-refractivity contribution is 0.190. The van der Waals surface area contributed by atoms with E-state index in [1.165, 1.54) is 0 Å². The van der Waals surface area contributed by atoms with Gasteiger partial charge in [-0.3, -0.25) is 4.98 Å². The summed E-state index contributed by atoms with van der Waals surface area (Å²) < 4.78 is 6.15. The Morgan fingerprint density at radius 1 is 1.56 bits per heavy atom. The third-order valence-corrected chi connectivity index (χ3v) is 3.56. The molecule has 0 aromatic carbocycles. The molecule has 0 aliphatic heterocycles. The van der Waals surface area contributed by atoms with Gasteiger partial charge in [0.1, 0.15) is 5.01 Å². The predicted octanol–water partition coefficient (Wildman–Crippen LogP) is 2.12. The normalized spacial score (nSPS) is 13.1. The minimum absolute atomic E-state index is 0.00699. The van der Waals surface area contributed by atoms with Crippen molar-refractivity contribution in [2.24, 2.45) is 5.73 Å². The number of fused-ring (bicyclic) bond motifs is 1. The first kappa shape index (κ1) is 11.4. The van der Waals surface area contributed by atoms with Crippen LogP contribution in [0.25, 0.3) is 10.2 Å². The molecule has 0 bridgehead atoms. The molecule has 0 aliphatic rings. The van der Waals surface area contributed by atoms with Gasteiger partial charge in [-0.1, -0.05) is 0 Å². The number of nitrogens with zero attached hydrogens (tertiary/aromatic N) is 2. The van der Waals surface area contributed by atoms with E-state index < -0.39 is 0 Å². The van der Waals surface area contributed by atoms with Crippen LogP contribution in [0.5, 0.6) is 0 Å². The number of hydrogen-bond acceptors (Lipinski definition) is 5. The van der Waals surface area contributed by atoms with Gasteiger partial charge in [0.05, 0.1) is 22.5 Å². The number of hydrogen-bond donors (Lipinski definition) is 1. The summed E-state index contributed by atoms with van der Waals surface area (Å²) in [5, 5.41) is 0.985. The standard InChI is InChI=1S/C11H15N3OS/c1-15-6-2-3-8(12)11-14-9-7-13-5-4-10(9)16-11/h4-5,7-8H,2-3,6,12H2,1H3. The molecule has 1 unspecified atom stereocenters. The maximum atomic E-state index is 6.07. The molecule has 2 rings (SSSR count). The average Bonchev–Trinajstić information content (AvgIpc) is 2.73. The number of ether oxygens (including phenoxy) is 1. The minimum atomic E-state index is 0.00699. The molecule has 2 heterocycles. The molecule has 2 aromatic heterocycles. The summed E-state index contributed by atoms with van der Waals surface area (Å²) in [4.78, 5) is 8.53. The third-order valence-electron chi connectivity index (χ3n) is 2.39. The number of thiazole rings is 1. The Morgan fingerprint density at radius 3 is 3.19 bits per heavy atom. The predicted molar refractivity (Wildman–Crippen MR) is 65.5 cm³/mol. The molecule has 2 aromatic rings. The Balaban J connectivity index is 2.07. The van der Waals surface area contributed by atoms with Gasteiger partial charge in [0, 0.05) is 19.9 Å². The van der Waals surface area contributed by atoms with E-state index in [0.717, 1.165) is 34.7 Å². The first-order valence-electron chi connectivity index (χ1n) is 5.26. The molecular weight excluding hydrogens is 222 g/mol. The molecule has 16 heavy (non-hydrogen) atoms. The SMILES string of the molecule is COCCCC(N)c1nc2cnccc2s1. The van der Waals surface area contributed by atoms with Crippen molar-refractivity contribution in [3.05, 3.63) is 23.5 Å². The Hall–Kier alpha value is -1.04. The van der Waals surface area contributed by atoms with Crippen LogP contribution >= 0.6 is 11.3 Å². The van der Waals surface area contributed by atoms with E-state index in [4.69, 9.17) is 10.5 Å². The lowest BCUT2D eigenvalue weighted by Crippen LogP contribution is -2.10. The van der Waals surface area contributed by atoms with Gasteiger partial charge in [-0.2, -0.15) is 0 Å². The number of pyridine rings is 1. The van der Waals surface area contributed by atoms with E-state index in [1.807, 2.05) is 6.07 Å². The van der Waals surface area contributed by atoms with Crippen LogP contribution in [0.15, 0.2) is 18.5 Å². The highest BCUT2D eigenvalue weighted by atomic mass is 32.1. The van der Waals surface area contributed by atoms with E-state index in [9.17, 15) is 0 Å². The fourth-order valence-corrected chi connectivity index (χ4v) is 2.50. The minimum Gasteiger partial charge on any atom is -0.385 e. The van der Waals surface area contributed by atoms with Crippen LogP contribution in [0.2, 0.25) is 0 Å². The third kappa shape index (κ3) is 2.55. The number of nitrogens with two attached hydrogens (primary N) is 1. The van der Waals surface area contributed by atoms with Crippen molar-refractivity contribution in [3.63, 3.8) is 0 Å². The summed E-state index contributed by atoms with van der Waals surface area (Å²) >= 11 is 1.65. The van der Waals surface area contributed by atoms with Crippen molar-refractivity contribution in [1.82, 2.24) is 9.97 Å². The maximum Gasteiger partial charge on any atom is 0.111 e. The second kappa shape index (κ2) is 5.34. The van der Waals surface area contributed by atoms with Crippen molar-refractivity contribution in [2.75, 3.05) is 13.7 Å². The van der Waals surface area contributed by atoms with E-state index in [1.54, 1.807) is 30.8 Å². The van der Waals surface area contributed by atoms with Crippen LogP contribution in [0.3, 0.4) is 0 Å². The summed E-state index contributed by atoms with van der Waals surface area (Å²) in [6, 6.07) is 1.98. The summed E-state index contributed by atoms with van der Waals surface area (Å²) in [7, 11) is 1.70. The van der Waals surface area contributed by atoms with Gasteiger partial charge < -0.3 is 10.5 Å². The van der Waals surface area contributed by atoms with Crippen LogP contribution in [-0.4, -0.2) is 23.7 Å². The van der Waals surface area contributed by atoms with Crippen molar-refractivity contribution in [1.29, 1.82) is 0 Å².